The third-order valence-electron chi connectivity index (χ3n) is 2.39. The van der Waals surface area contributed by atoms with E-state index in [1.165, 1.54) is 12.1 Å². The molecule has 1 rings (SSSR count). The van der Waals surface area contributed by atoms with Gasteiger partial charge in [0.2, 0.25) is 0 Å². The summed E-state index contributed by atoms with van der Waals surface area (Å²) in [5.74, 6) is 0.973. The van der Waals surface area contributed by atoms with E-state index in [1.54, 1.807) is 7.11 Å². The average molecular weight is 268 g/mol. The summed E-state index contributed by atoms with van der Waals surface area (Å²) in [5.41, 5.74) is 0.0146. The molecule has 0 spiro atoms. The second kappa shape index (κ2) is 7.52. The smallest absolute Gasteiger partial charge is 0.276 e. The van der Waals surface area contributed by atoms with Gasteiger partial charge in [-0.25, -0.2) is 4.98 Å². The van der Waals surface area contributed by atoms with E-state index < -0.39 is 4.92 Å². The summed E-state index contributed by atoms with van der Waals surface area (Å²) in [6.07, 6.45) is 0.924. The van der Waals surface area contributed by atoms with Crippen LogP contribution in [0.15, 0.2) is 12.1 Å². The Bertz CT molecular complexity index is 425. The maximum Gasteiger partial charge on any atom is 0.276 e. The Kier molecular flexibility index (Phi) is 6.01. The zero-order valence-corrected chi connectivity index (χ0v) is 11.5. The molecule has 0 amide bonds. The van der Waals surface area contributed by atoms with Gasteiger partial charge in [-0.1, -0.05) is 6.92 Å². The molecular formula is C12H20N4O3. The van der Waals surface area contributed by atoms with Crippen molar-refractivity contribution in [2.24, 2.45) is 0 Å². The fourth-order valence-electron chi connectivity index (χ4n) is 1.58. The first-order valence-electron chi connectivity index (χ1n) is 6.22. The highest BCUT2D eigenvalue weighted by Crippen LogP contribution is 2.21. The molecule has 1 heterocycles. The van der Waals surface area contributed by atoms with Crippen LogP contribution in [-0.4, -0.2) is 36.2 Å². The van der Waals surface area contributed by atoms with Gasteiger partial charge >= 0.3 is 0 Å². The Morgan fingerprint density at radius 2 is 2.16 bits per heavy atom. The predicted molar refractivity (Wildman–Crippen MR) is 74.6 cm³/mol. The Morgan fingerprint density at radius 1 is 1.47 bits per heavy atom. The van der Waals surface area contributed by atoms with E-state index in [9.17, 15) is 10.1 Å². The molecule has 19 heavy (non-hydrogen) atoms. The first-order valence-corrected chi connectivity index (χ1v) is 6.22. The highest BCUT2D eigenvalue weighted by atomic mass is 16.6. The Morgan fingerprint density at radius 3 is 2.74 bits per heavy atom. The number of pyridine rings is 1. The van der Waals surface area contributed by atoms with Gasteiger partial charge in [0.25, 0.3) is 5.69 Å². The lowest BCUT2D eigenvalue weighted by atomic mass is 10.3. The summed E-state index contributed by atoms with van der Waals surface area (Å²) in [5, 5.41) is 17.0. The van der Waals surface area contributed by atoms with Gasteiger partial charge in [-0.2, -0.15) is 0 Å². The third kappa shape index (κ3) is 5.09. The van der Waals surface area contributed by atoms with E-state index in [4.69, 9.17) is 4.74 Å². The molecule has 7 heteroatoms. The predicted octanol–water partition coefficient (Wildman–Crippen LogP) is 2.26. The summed E-state index contributed by atoms with van der Waals surface area (Å²) < 4.78 is 5.01. The van der Waals surface area contributed by atoms with Gasteiger partial charge in [0.15, 0.2) is 0 Å². The molecule has 106 valence electrons. The van der Waals surface area contributed by atoms with Gasteiger partial charge < -0.3 is 15.4 Å². The normalized spacial score (nSPS) is 11.9. The second-order valence-corrected chi connectivity index (χ2v) is 4.28. The van der Waals surface area contributed by atoms with Gasteiger partial charge in [-0.3, -0.25) is 10.1 Å². The summed E-state index contributed by atoms with van der Waals surface area (Å²) >= 11 is 0. The van der Waals surface area contributed by atoms with Crippen molar-refractivity contribution in [1.82, 2.24) is 4.98 Å². The second-order valence-electron chi connectivity index (χ2n) is 4.28. The van der Waals surface area contributed by atoms with Crippen molar-refractivity contribution in [3.63, 3.8) is 0 Å². The SMILES string of the molecule is CCCNc1cc([N+](=O)[O-])cc(NC(C)COC)n1. The highest BCUT2D eigenvalue weighted by molar-refractivity contribution is 5.54. The van der Waals surface area contributed by atoms with Crippen LogP contribution in [0.4, 0.5) is 17.3 Å². The number of hydrogen-bond donors (Lipinski definition) is 2. The minimum Gasteiger partial charge on any atom is -0.383 e. The average Bonchev–Trinajstić information content (AvgIpc) is 2.36. The number of aromatic nitrogens is 1. The van der Waals surface area contributed by atoms with E-state index in [0.29, 0.717) is 18.2 Å². The first-order chi connectivity index (χ1) is 9.06. The molecule has 0 aromatic carbocycles. The number of anilines is 2. The minimum atomic E-state index is -0.426. The molecule has 7 nitrogen and oxygen atoms in total. The van der Waals surface area contributed by atoms with Crippen LogP contribution in [0.3, 0.4) is 0 Å². The molecule has 0 aliphatic carbocycles. The van der Waals surface area contributed by atoms with Crippen LogP contribution in [-0.2, 0) is 4.74 Å². The summed E-state index contributed by atoms with van der Waals surface area (Å²) in [7, 11) is 1.60. The van der Waals surface area contributed by atoms with Crippen LogP contribution in [0.2, 0.25) is 0 Å². The molecule has 1 aromatic heterocycles. The lowest BCUT2D eigenvalue weighted by molar-refractivity contribution is -0.384. The van der Waals surface area contributed by atoms with E-state index in [1.807, 2.05) is 13.8 Å². The zero-order valence-electron chi connectivity index (χ0n) is 11.5. The van der Waals surface area contributed by atoms with E-state index >= 15 is 0 Å². The maximum atomic E-state index is 10.9. The maximum absolute atomic E-state index is 10.9. The van der Waals surface area contributed by atoms with Crippen LogP contribution in [0.25, 0.3) is 0 Å². The van der Waals surface area contributed by atoms with Crippen molar-refractivity contribution in [2.75, 3.05) is 30.9 Å². The highest BCUT2D eigenvalue weighted by Gasteiger charge is 2.12. The standard InChI is InChI=1S/C12H20N4O3/c1-4-5-13-11-6-10(16(17)18)7-12(15-11)14-9(2)8-19-3/h6-7,9H,4-5,8H2,1-3H3,(H2,13,14,15). The van der Waals surface area contributed by atoms with Crippen molar-refractivity contribution in [3.05, 3.63) is 22.2 Å². The fraction of sp³-hybridized carbons (Fsp3) is 0.583. The Labute approximate surface area is 112 Å². The van der Waals surface area contributed by atoms with Crippen molar-refractivity contribution in [2.45, 2.75) is 26.3 Å². The molecule has 1 atom stereocenters. The molecule has 1 aromatic rings. The molecule has 0 aliphatic heterocycles. The van der Waals surface area contributed by atoms with Crippen LogP contribution in [0, 0.1) is 10.1 Å². The summed E-state index contributed by atoms with van der Waals surface area (Å²) in [6.45, 7) is 5.16. The number of hydrogen-bond acceptors (Lipinski definition) is 6. The van der Waals surface area contributed by atoms with Gasteiger partial charge in [0, 0.05) is 19.7 Å². The number of nitrogens with one attached hydrogen (secondary N) is 2. The monoisotopic (exact) mass is 268 g/mol. The lowest BCUT2D eigenvalue weighted by Crippen LogP contribution is -2.21. The molecule has 1 unspecified atom stereocenters. The van der Waals surface area contributed by atoms with Gasteiger partial charge in [0.05, 0.1) is 23.7 Å². The van der Waals surface area contributed by atoms with Crippen molar-refractivity contribution in [1.29, 1.82) is 0 Å². The van der Waals surface area contributed by atoms with Crippen molar-refractivity contribution < 1.29 is 9.66 Å². The number of nitro groups is 1. The van der Waals surface area contributed by atoms with Gasteiger partial charge in [-0.05, 0) is 13.3 Å². The van der Waals surface area contributed by atoms with Gasteiger partial charge in [-0.15, -0.1) is 0 Å². The molecule has 0 saturated carbocycles. The Hall–Kier alpha value is -1.89. The quantitative estimate of drug-likeness (QED) is 0.555. The molecule has 0 saturated heterocycles. The van der Waals surface area contributed by atoms with Gasteiger partial charge in [0.1, 0.15) is 11.6 Å². The van der Waals surface area contributed by atoms with Crippen LogP contribution in [0.5, 0.6) is 0 Å². The fourth-order valence-corrected chi connectivity index (χ4v) is 1.58. The first kappa shape index (κ1) is 15.2. The summed E-state index contributed by atoms with van der Waals surface area (Å²) in [4.78, 5) is 14.8. The molecule has 2 N–H and O–H groups in total. The van der Waals surface area contributed by atoms with Crippen LogP contribution < -0.4 is 10.6 Å². The molecular weight excluding hydrogens is 248 g/mol. The number of rotatable bonds is 8. The topological polar surface area (TPSA) is 89.3 Å². The molecule has 0 bridgehead atoms. The Balaban J connectivity index is 2.89. The minimum absolute atomic E-state index is 0.0146. The summed E-state index contributed by atoms with van der Waals surface area (Å²) in [6, 6.07) is 2.88. The number of methoxy groups -OCH3 is 1. The molecule has 0 fully saturated rings. The van der Waals surface area contributed by atoms with E-state index in [0.717, 1.165) is 13.0 Å². The number of ether oxygens (including phenoxy) is 1. The molecule has 0 radical (unpaired) electrons. The lowest BCUT2D eigenvalue weighted by Gasteiger charge is -2.14. The van der Waals surface area contributed by atoms with E-state index in [2.05, 4.69) is 15.6 Å². The third-order valence-corrected chi connectivity index (χ3v) is 2.39. The largest absolute Gasteiger partial charge is 0.383 e. The van der Waals surface area contributed by atoms with Crippen molar-refractivity contribution in [3.8, 4) is 0 Å². The van der Waals surface area contributed by atoms with E-state index in [-0.39, 0.29) is 11.7 Å². The zero-order chi connectivity index (χ0) is 14.3. The van der Waals surface area contributed by atoms with Crippen molar-refractivity contribution >= 4 is 17.3 Å². The number of nitrogens with zero attached hydrogens (tertiary/aromatic N) is 2. The van der Waals surface area contributed by atoms with Crippen LogP contribution >= 0.6 is 0 Å². The van der Waals surface area contributed by atoms with Crippen LogP contribution in [0.1, 0.15) is 20.3 Å². The molecule has 0 aliphatic rings.